The van der Waals surface area contributed by atoms with Crippen molar-refractivity contribution in [1.29, 1.82) is 0 Å². The molecule has 0 heteroatoms. The summed E-state index contributed by atoms with van der Waals surface area (Å²) in [6, 6.07) is 36.5. The van der Waals surface area contributed by atoms with E-state index in [1.165, 1.54) is 143 Å². The molecule has 0 spiro atoms. The highest BCUT2D eigenvalue weighted by atomic mass is 14.3. The highest BCUT2D eigenvalue weighted by Crippen LogP contribution is 2.41. The molecule has 4 aromatic carbocycles. The van der Waals surface area contributed by atoms with E-state index < -0.39 is 0 Å². The molecule has 3 saturated carbocycles. The summed E-state index contributed by atoms with van der Waals surface area (Å²) in [7, 11) is 0. The van der Waals surface area contributed by atoms with Crippen LogP contribution in [0.4, 0.5) is 0 Å². The SMILES string of the molecule is CC(C)(C)C.CC(C)(C)C1CCCC1.CC(C)(C)C1CCCCC1.CC(C)(C)c1ccccc1.CCC(C)(C)C.CCC(C)(C)C1CCCCC1.CCC(C)(C)c1cccc2ccccc12.CCC(C)(C)c1ccccc1. The summed E-state index contributed by atoms with van der Waals surface area (Å²) in [4.78, 5) is 0. The first kappa shape index (κ1) is 74.1. The van der Waals surface area contributed by atoms with Crippen LogP contribution in [0, 0.1) is 44.8 Å². The molecule has 0 radical (unpaired) electrons. The van der Waals surface area contributed by atoms with Gasteiger partial charge in [-0.1, -0.05) is 347 Å². The minimum absolute atomic E-state index is 0.265. The Morgan fingerprint density at radius 2 is 0.649 bits per heavy atom. The molecular weight excluding hydrogens is 925 g/mol. The van der Waals surface area contributed by atoms with Gasteiger partial charge in [-0.3, -0.25) is 0 Å². The molecule has 0 saturated heterocycles. The van der Waals surface area contributed by atoms with Crippen molar-refractivity contribution >= 4 is 10.8 Å². The van der Waals surface area contributed by atoms with Gasteiger partial charge in [0.15, 0.2) is 0 Å². The Balaban J connectivity index is 0.000000873. The van der Waals surface area contributed by atoms with Crippen molar-refractivity contribution in [2.45, 2.75) is 312 Å². The normalized spacial score (nSPS) is 16.0. The van der Waals surface area contributed by atoms with Gasteiger partial charge in [0.2, 0.25) is 0 Å². The van der Waals surface area contributed by atoms with Crippen molar-refractivity contribution in [3.05, 3.63) is 120 Å². The van der Waals surface area contributed by atoms with E-state index in [0.29, 0.717) is 37.9 Å². The van der Waals surface area contributed by atoms with Gasteiger partial charge in [-0.2, -0.15) is 0 Å². The molecule has 0 bridgehead atoms. The fourth-order valence-corrected chi connectivity index (χ4v) is 9.97. The smallest absolute Gasteiger partial charge is 0.0100 e. The molecule has 4 aromatic rings. The summed E-state index contributed by atoms with van der Waals surface area (Å²) in [5, 5.41) is 2.74. The van der Waals surface area contributed by atoms with Crippen molar-refractivity contribution in [3.63, 3.8) is 0 Å². The van der Waals surface area contributed by atoms with Gasteiger partial charge in [0.05, 0.1) is 0 Å². The van der Waals surface area contributed by atoms with Crippen LogP contribution in [0.15, 0.2) is 103 Å². The molecule has 0 nitrogen and oxygen atoms in total. The Hall–Kier alpha value is -2.86. The average Bonchev–Trinajstić information content (AvgIpc) is 3.94. The van der Waals surface area contributed by atoms with E-state index in [2.05, 4.69) is 283 Å². The second-order valence-electron chi connectivity index (χ2n) is 31.6. The van der Waals surface area contributed by atoms with Gasteiger partial charge in [-0.25, -0.2) is 0 Å². The van der Waals surface area contributed by atoms with Crippen LogP contribution in [-0.4, -0.2) is 0 Å². The number of hydrogen-bond donors (Lipinski definition) is 0. The minimum atomic E-state index is 0.265. The molecule has 7 rings (SSSR count). The number of fused-ring (bicyclic) bond motifs is 1. The maximum Gasteiger partial charge on any atom is -0.0100 e. The molecule has 0 atom stereocenters. The van der Waals surface area contributed by atoms with E-state index in [1.54, 1.807) is 0 Å². The Morgan fingerprint density at radius 3 is 0.961 bits per heavy atom. The van der Waals surface area contributed by atoms with Crippen LogP contribution in [-0.2, 0) is 16.2 Å². The van der Waals surface area contributed by atoms with Gasteiger partial charge in [-0.15, -0.1) is 0 Å². The third-order valence-electron chi connectivity index (χ3n) is 17.6. The predicted octanol–water partition coefficient (Wildman–Crippen LogP) is 26.2. The van der Waals surface area contributed by atoms with Gasteiger partial charge < -0.3 is 0 Å². The van der Waals surface area contributed by atoms with Crippen LogP contribution < -0.4 is 0 Å². The lowest BCUT2D eigenvalue weighted by Crippen LogP contribution is -2.25. The van der Waals surface area contributed by atoms with Crippen molar-refractivity contribution in [1.82, 2.24) is 0 Å². The zero-order chi connectivity index (χ0) is 59.4. The van der Waals surface area contributed by atoms with Crippen molar-refractivity contribution < 1.29 is 0 Å². The van der Waals surface area contributed by atoms with E-state index in [4.69, 9.17) is 0 Å². The minimum Gasteiger partial charge on any atom is -0.0649 e. The van der Waals surface area contributed by atoms with E-state index in [-0.39, 0.29) is 5.41 Å². The zero-order valence-corrected chi connectivity index (χ0v) is 56.8. The second-order valence-corrected chi connectivity index (χ2v) is 31.6. The molecule has 0 heterocycles. The Bertz CT molecular complexity index is 2010. The highest BCUT2D eigenvalue weighted by molar-refractivity contribution is 5.86. The van der Waals surface area contributed by atoms with Crippen molar-refractivity contribution in [2.24, 2.45) is 44.8 Å². The first-order valence-electron chi connectivity index (χ1n) is 32.0. The van der Waals surface area contributed by atoms with Gasteiger partial charge >= 0.3 is 0 Å². The first-order chi connectivity index (χ1) is 35.4. The zero-order valence-electron chi connectivity index (χ0n) is 56.8. The monoisotopic (exact) mass is 1060 g/mol. The summed E-state index contributed by atoms with van der Waals surface area (Å²) in [5.74, 6) is 3.03. The van der Waals surface area contributed by atoms with Gasteiger partial charge in [0.1, 0.15) is 0 Å². The molecule has 442 valence electrons. The van der Waals surface area contributed by atoms with Crippen LogP contribution in [0.5, 0.6) is 0 Å². The largest absolute Gasteiger partial charge is 0.0649 e. The van der Waals surface area contributed by atoms with Gasteiger partial charge in [-0.05, 0) is 140 Å². The predicted molar refractivity (Wildman–Crippen MR) is 355 cm³/mol. The molecule has 0 amide bonds. The number of hydrogen-bond acceptors (Lipinski definition) is 0. The summed E-state index contributed by atoms with van der Waals surface area (Å²) in [6.07, 6.45) is 25.7. The van der Waals surface area contributed by atoms with E-state index in [1.807, 2.05) is 0 Å². The van der Waals surface area contributed by atoms with Crippen molar-refractivity contribution in [3.8, 4) is 0 Å². The van der Waals surface area contributed by atoms with Crippen LogP contribution >= 0.6 is 0 Å². The summed E-state index contributed by atoms with van der Waals surface area (Å²) >= 11 is 0. The first-order valence-corrected chi connectivity index (χ1v) is 32.0. The summed E-state index contributed by atoms with van der Waals surface area (Å²) < 4.78 is 0. The van der Waals surface area contributed by atoms with E-state index in [9.17, 15) is 0 Å². The van der Waals surface area contributed by atoms with E-state index in [0.717, 1.165) is 17.8 Å². The molecule has 3 aliphatic carbocycles. The lowest BCUT2D eigenvalue weighted by atomic mass is 9.70. The third kappa shape index (κ3) is 33.5. The summed E-state index contributed by atoms with van der Waals surface area (Å²) in [6.45, 7) is 59.5. The number of benzene rings is 4. The number of rotatable bonds is 6. The lowest BCUT2D eigenvalue weighted by molar-refractivity contribution is 0.152. The second kappa shape index (κ2) is 35.1. The van der Waals surface area contributed by atoms with Crippen LogP contribution in [0.3, 0.4) is 0 Å². The standard InChI is InChI=1S/C15H18.C11H22.C11H16.C10H20.C10H14.C9H18.C6H14.C5H12/c1-4-15(2,3)14-11-7-9-12-8-5-6-10-13(12)14;2*1-4-11(2,3)10-8-6-5-7-9-10;2*1-10(2,3)9-7-5-4-6-8-9;1-9(2,3)8-6-4-5-7-8;1-5-6(2,3)4;1-5(2,3)4/h5-11H,4H2,1-3H3;10H,4-9H2,1-3H3;5-9H,4H2,1-3H3;9H,4-8H2,1-3H3;4-8H,1-3H3;8H,4-7H2,1-3H3;5H2,1-4H3;1-4H3. The van der Waals surface area contributed by atoms with Gasteiger partial charge in [0.25, 0.3) is 0 Å². The highest BCUT2D eigenvalue weighted by Gasteiger charge is 2.29. The molecular formula is C77H134. The Labute approximate surface area is 484 Å². The summed E-state index contributed by atoms with van der Waals surface area (Å²) in [5.41, 5.74) is 7.99. The molecule has 0 aliphatic heterocycles. The maximum absolute atomic E-state index is 2.43. The molecule has 77 heavy (non-hydrogen) atoms. The van der Waals surface area contributed by atoms with Crippen molar-refractivity contribution in [2.75, 3.05) is 0 Å². The molecule has 3 fully saturated rings. The third-order valence-corrected chi connectivity index (χ3v) is 17.6. The quantitative estimate of drug-likeness (QED) is 0.181. The topological polar surface area (TPSA) is 0 Å². The molecule has 3 aliphatic rings. The van der Waals surface area contributed by atoms with E-state index >= 15 is 0 Å². The van der Waals surface area contributed by atoms with Gasteiger partial charge in [0, 0.05) is 0 Å². The van der Waals surface area contributed by atoms with Crippen LogP contribution in [0.1, 0.15) is 312 Å². The lowest BCUT2D eigenvalue weighted by Gasteiger charge is -2.36. The Kier molecular flexibility index (Phi) is 33.8. The maximum atomic E-state index is 2.43. The fraction of sp³-hybridized carbons (Fsp3) is 0.714. The molecule has 0 aromatic heterocycles. The van der Waals surface area contributed by atoms with Crippen LogP contribution in [0.25, 0.3) is 10.8 Å². The average molecular weight is 1060 g/mol. The molecule has 0 N–H and O–H groups in total. The Morgan fingerprint density at radius 1 is 0.325 bits per heavy atom. The van der Waals surface area contributed by atoms with Crippen LogP contribution in [0.2, 0.25) is 0 Å². The molecule has 0 unspecified atom stereocenters. The fourth-order valence-electron chi connectivity index (χ4n) is 9.97.